The number of carboxylic acid groups (broad SMARTS) is 1. The van der Waals surface area contributed by atoms with E-state index in [-0.39, 0.29) is 12.4 Å². The second-order valence-electron chi connectivity index (χ2n) is 4.29. The van der Waals surface area contributed by atoms with Crippen LogP contribution in [0.5, 0.6) is 0 Å². The Kier molecular flexibility index (Phi) is 4.17. The minimum Gasteiger partial charge on any atom is -0.481 e. The van der Waals surface area contributed by atoms with Gasteiger partial charge in [0.15, 0.2) is 0 Å². The second-order valence-corrected chi connectivity index (χ2v) is 4.29. The number of nitrogens with zero attached hydrogens (tertiary/aromatic N) is 1. The maximum absolute atomic E-state index is 10.6. The standard InChI is InChI=1S/C11H15BN2O4/c15-11(16)7-8-4-5-9(12(17)18-8)14-10-3-1-2-6-13-10/h1-3,6,8-9,17H,4-5,7H2,(H,13,14)(H,15,16). The molecule has 96 valence electrons. The molecule has 0 amide bonds. The predicted octanol–water partition coefficient (Wildman–Crippen LogP) is 0.535. The topological polar surface area (TPSA) is 91.7 Å². The number of anilines is 1. The second kappa shape index (κ2) is 5.84. The van der Waals surface area contributed by atoms with Crippen LogP contribution in [0.1, 0.15) is 19.3 Å². The summed E-state index contributed by atoms with van der Waals surface area (Å²) >= 11 is 0. The van der Waals surface area contributed by atoms with Crippen molar-refractivity contribution in [1.82, 2.24) is 4.98 Å². The van der Waals surface area contributed by atoms with Crippen LogP contribution in [-0.4, -0.2) is 40.2 Å². The van der Waals surface area contributed by atoms with Crippen LogP contribution in [-0.2, 0) is 9.45 Å². The van der Waals surface area contributed by atoms with Crippen molar-refractivity contribution < 1.29 is 19.6 Å². The molecule has 0 spiro atoms. The van der Waals surface area contributed by atoms with Crippen LogP contribution in [0.3, 0.4) is 0 Å². The fourth-order valence-electron chi connectivity index (χ4n) is 1.99. The molecular weight excluding hydrogens is 235 g/mol. The maximum Gasteiger partial charge on any atom is 0.478 e. The number of pyridine rings is 1. The molecule has 7 heteroatoms. The summed E-state index contributed by atoms with van der Waals surface area (Å²) in [6, 6.07) is 5.45. The third-order valence-corrected chi connectivity index (χ3v) is 2.88. The average molecular weight is 250 g/mol. The number of aromatic nitrogens is 1. The van der Waals surface area contributed by atoms with Crippen LogP contribution < -0.4 is 5.32 Å². The SMILES string of the molecule is O=C(O)CC1CCC(Nc2ccccn2)B(O)O1. The molecule has 0 radical (unpaired) electrons. The van der Waals surface area contributed by atoms with Gasteiger partial charge in [-0.25, -0.2) is 4.98 Å². The van der Waals surface area contributed by atoms with Crippen molar-refractivity contribution >= 4 is 18.9 Å². The smallest absolute Gasteiger partial charge is 0.478 e. The molecule has 18 heavy (non-hydrogen) atoms. The molecule has 0 saturated carbocycles. The van der Waals surface area contributed by atoms with Gasteiger partial charge in [-0.2, -0.15) is 0 Å². The highest BCUT2D eigenvalue weighted by Crippen LogP contribution is 2.20. The van der Waals surface area contributed by atoms with Crippen LogP contribution in [0.15, 0.2) is 24.4 Å². The molecule has 1 aliphatic rings. The molecule has 0 aliphatic carbocycles. The molecule has 1 aromatic rings. The van der Waals surface area contributed by atoms with Gasteiger partial charge in [0.1, 0.15) is 5.82 Å². The Labute approximate surface area is 105 Å². The van der Waals surface area contributed by atoms with Gasteiger partial charge in [-0.1, -0.05) is 6.07 Å². The third-order valence-electron chi connectivity index (χ3n) is 2.88. The summed E-state index contributed by atoms with van der Waals surface area (Å²) in [7, 11) is -1.01. The number of carbonyl (C=O) groups is 1. The van der Waals surface area contributed by atoms with Gasteiger partial charge in [-0.15, -0.1) is 0 Å². The quantitative estimate of drug-likeness (QED) is 0.675. The highest BCUT2D eigenvalue weighted by molar-refractivity contribution is 6.46. The monoisotopic (exact) mass is 250 g/mol. The molecular formula is C11H15BN2O4. The number of carboxylic acids is 1. The van der Waals surface area contributed by atoms with Crippen LogP contribution in [0, 0.1) is 0 Å². The molecule has 2 atom stereocenters. The van der Waals surface area contributed by atoms with Crippen molar-refractivity contribution in [3.05, 3.63) is 24.4 Å². The molecule has 0 aromatic carbocycles. The van der Waals surface area contributed by atoms with Gasteiger partial charge < -0.3 is 20.1 Å². The summed E-state index contributed by atoms with van der Waals surface area (Å²) in [5, 5.41) is 21.5. The summed E-state index contributed by atoms with van der Waals surface area (Å²) in [6.45, 7) is 0. The van der Waals surface area contributed by atoms with E-state index in [2.05, 4.69) is 10.3 Å². The third kappa shape index (κ3) is 3.45. The van der Waals surface area contributed by atoms with Crippen molar-refractivity contribution in [3.63, 3.8) is 0 Å². The zero-order valence-electron chi connectivity index (χ0n) is 9.82. The Morgan fingerprint density at radius 1 is 1.56 bits per heavy atom. The highest BCUT2D eigenvalue weighted by Gasteiger charge is 2.35. The van der Waals surface area contributed by atoms with Gasteiger partial charge in [0, 0.05) is 6.20 Å². The first-order valence-corrected chi connectivity index (χ1v) is 5.88. The van der Waals surface area contributed by atoms with Gasteiger partial charge in [-0.05, 0) is 25.0 Å². The van der Waals surface area contributed by atoms with Gasteiger partial charge >= 0.3 is 13.1 Å². The zero-order chi connectivity index (χ0) is 13.0. The van der Waals surface area contributed by atoms with Crippen LogP contribution >= 0.6 is 0 Å². The minimum absolute atomic E-state index is 0.0760. The lowest BCUT2D eigenvalue weighted by Gasteiger charge is -2.31. The summed E-state index contributed by atoms with van der Waals surface area (Å²) in [4.78, 5) is 14.7. The first kappa shape index (κ1) is 12.9. The fraction of sp³-hybridized carbons (Fsp3) is 0.455. The van der Waals surface area contributed by atoms with E-state index in [9.17, 15) is 9.82 Å². The van der Waals surface area contributed by atoms with E-state index < -0.39 is 19.2 Å². The van der Waals surface area contributed by atoms with Crippen molar-refractivity contribution in [2.75, 3.05) is 5.32 Å². The first-order valence-electron chi connectivity index (χ1n) is 5.88. The molecule has 2 heterocycles. The van der Waals surface area contributed by atoms with E-state index >= 15 is 0 Å². The lowest BCUT2D eigenvalue weighted by Crippen LogP contribution is -2.47. The minimum atomic E-state index is -1.01. The number of hydrogen-bond acceptors (Lipinski definition) is 5. The van der Waals surface area contributed by atoms with Gasteiger partial charge in [-0.3, -0.25) is 4.79 Å². The van der Waals surface area contributed by atoms with Gasteiger partial charge in [0.05, 0.1) is 18.5 Å². The molecule has 1 saturated heterocycles. The lowest BCUT2D eigenvalue weighted by atomic mass is 9.72. The number of hydrogen-bond donors (Lipinski definition) is 3. The summed E-state index contributed by atoms with van der Waals surface area (Å²) in [5.41, 5.74) is 0. The van der Waals surface area contributed by atoms with Gasteiger partial charge in [0.25, 0.3) is 0 Å². The van der Waals surface area contributed by atoms with Crippen molar-refractivity contribution in [2.45, 2.75) is 31.3 Å². The highest BCUT2D eigenvalue weighted by atomic mass is 16.5. The van der Waals surface area contributed by atoms with Crippen LogP contribution in [0.4, 0.5) is 5.82 Å². The Hall–Kier alpha value is -1.60. The van der Waals surface area contributed by atoms with Gasteiger partial charge in [0.2, 0.25) is 0 Å². The van der Waals surface area contributed by atoms with Crippen molar-refractivity contribution in [1.29, 1.82) is 0 Å². The molecule has 0 bridgehead atoms. The van der Waals surface area contributed by atoms with E-state index in [4.69, 9.17) is 9.76 Å². The fourth-order valence-corrected chi connectivity index (χ4v) is 1.99. The van der Waals surface area contributed by atoms with E-state index in [0.29, 0.717) is 18.7 Å². The Morgan fingerprint density at radius 3 is 3.00 bits per heavy atom. The first-order chi connectivity index (χ1) is 8.65. The van der Waals surface area contributed by atoms with Crippen molar-refractivity contribution in [2.24, 2.45) is 0 Å². The number of rotatable bonds is 4. The van der Waals surface area contributed by atoms with E-state index in [0.717, 1.165) is 0 Å². The summed E-state index contributed by atoms with van der Waals surface area (Å²) in [6.07, 6.45) is 2.42. The number of nitrogens with one attached hydrogen (secondary N) is 1. The average Bonchev–Trinajstić information content (AvgIpc) is 2.33. The summed E-state index contributed by atoms with van der Waals surface area (Å²) in [5.74, 6) is -0.505. The lowest BCUT2D eigenvalue weighted by molar-refractivity contribution is -0.139. The van der Waals surface area contributed by atoms with Crippen molar-refractivity contribution in [3.8, 4) is 0 Å². The molecule has 3 N–H and O–H groups in total. The molecule has 1 aliphatic heterocycles. The van der Waals surface area contributed by atoms with E-state index in [1.165, 1.54) is 0 Å². The summed E-state index contributed by atoms with van der Waals surface area (Å²) < 4.78 is 5.27. The van der Waals surface area contributed by atoms with E-state index in [1.54, 1.807) is 12.3 Å². The normalized spacial score (nSPS) is 23.7. The largest absolute Gasteiger partial charge is 0.481 e. The molecule has 2 rings (SSSR count). The molecule has 1 fully saturated rings. The zero-order valence-corrected chi connectivity index (χ0v) is 9.82. The Balaban J connectivity index is 1.88. The molecule has 1 aromatic heterocycles. The van der Waals surface area contributed by atoms with E-state index in [1.807, 2.05) is 12.1 Å². The maximum atomic E-state index is 10.6. The Bertz CT molecular complexity index is 403. The number of aliphatic carboxylic acids is 1. The van der Waals surface area contributed by atoms with Crippen LogP contribution in [0.25, 0.3) is 0 Å². The molecule has 6 nitrogen and oxygen atoms in total. The Morgan fingerprint density at radius 2 is 2.39 bits per heavy atom. The van der Waals surface area contributed by atoms with Crippen LogP contribution in [0.2, 0.25) is 0 Å². The predicted molar refractivity (Wildman–Crippen MR) is 66.0 cm³/mol. The molecule has 2 unspecified atom stereocenters.